The van der Waals surface area contributed by atoms with Crippen molar-refractivity contribution < 1.29 is 9.72 Å². The Bertz CT molecular complexity index is 726. The summed E-state index contributed by atoms with van der Waals surface area (Å²) in [7, 11) is 1.68. The van der Waals surface area contributed by atoms with Crippen molar-refractivity contribution >= 4 is 17.7 Å². The summed E-state index contributed by atoms with van der Waals surface area (Å²) in [5, 5.41) is 10.9. The molecular formula is C18H18N2O3. The molecule has 0 heterocycles. The van der Waals surface area contributed by atoms with E-state index < -0.39 is 4.92 Å². The lowest BCUT2D eigenvalue weighted by molar-refractivity contribution is -0.384. The van der Waals surface area contributed by atoms with Crippen LogP contribution < -0.4 is 0 Å². The van der Waals surface area contributed by atoms with Gasteiger partial charge in [0.1, 0.15) is 0 Å². The number of hydrogen-bond acceptors (Lipinski definition) is 3. The van der Waals surface area contributed by atoms with E-state index in [1.165, 1.54) is 18.2 Å². The fourth-order valence-electron chi connectivity index (χ4n) is 2.16. The molecule has 0 aromatic heterocycles. The molecule has 5 nitrogen and oxygen atoms in total. The third-order valence-corrected chi connectivity index (χ3v) is 3.71. The van der Waals surface area contributed by atoms with Gasteiger partial charge in [-0.1, -0.05) is 42.5 Å². The second-order valence-corrected chi connectivity index (χ2v) is 5.22. The SMILES string of the molecule is C[C@@H](c1cccc([N+](=O)[O-])c1)N(C)C(=O)/C=C/c1ccccc1. The topological polar surface area (TPSA) is 63.5 Å². The van der Waals surface area contributed by atoms with Gasteiger partial charge >= 0.3 is 0 Å². The van der Waals surface area contributed by atoms with E-state index in [1.54, 1.807) is 30.2 Å². The number of likely N-dealkylation sites (N-methyl/N-ethyl adjacent to an activating group) is 1. The van der Waals surface area contributed by atoms with Crippen LogP contribution in [0.3, 0.4) is 0 Å². The summed E-state index contributed by atoms with van der Waals surface area (Å²) in [5.41, 5.74) is 1.69. The predicted octanol–water partition coefficient (Wildman–Crippen LogP) is 3.83. The van der Waals surface area contributed by atoms with Gasteiger partial charge < -0.3 is 4.90 Å². The van der Waals surface area contributed by atoms with Crippen LogP contribution in [-0.4, -0.2) is 22.8 Å². The molecule has 2 aromatic rings. The van der Waals surface area contributed by atoms with Crippen LogP contribution in [0.2, 0.25) is 0 Å². The quantitative estimate of drug-likeness (QED) is 0.479. The number of carbonyl (C=O) groups excluding carboxylic acids is 1. The molecule has 0 saturated heterocycles. The molecule has 0 spiro atoms. The second kappa shape index (κ2) is 7.35. The third kappa shape index (κ3) is 4.26. The van der Waals surface area contributed by atoms with Gasteiger partial charge in [-0.15, -0.1) is 0 Å². The first-order valence-corrected chi connectivity index (χ1v) is 7.23. The molecule has 118 valence electrons. The van der Waals surface area contributed by atoms with Crippen molar-refractivity contribution in [1.82, 2.24) is 4.90 Å². The first-order valence-electron chi connectivity index (χ1n) is 7.23. The van der Waals surface area contributed by atoms with Crippen molar-refractivity contribution in [2.45, 2.75) is 13.0 Å². The molecule has 0 radical (unpaired) electrons. The van der Waals surface area contributed by atoms with Gasteiger partial charge in [0, 0.05) is 25.3 Å². The Hall–Kier alpha value is -2.95. The van der Waals surface area contributed by atoms with Gasteiger partial charge in [0.05, 0.1) is 11.0 Å². The molecule has 0 fully saturated rings. The standard InChI is InChI=1S/C18H18N2O3/c1-14(16-9-6-10-17(13-16)20(22)23)19(2)18(21)12-11-15-7-4-3-5-8-15/h3-14H,1-2H3/b12-11+/t14-/m0/s1. The highest BCUT2D eigenvalue weighted by atomic mass is 16.6. The highest BCUT2D eigenvalue weighted by Crippen LogP contribution is 2.23. The average Bonchev–Trinajstić information content (AvgIpc) is 2.59. The van der Waals surface area contributed by atoms with Crippen LogP contribution in [0.15, 0.2) is 60.7 Å². The van der Waals surface area contributed by atoms with Crippen LogP contribution in [0.4, 0.5) is 5.69 Å². The molecule has 0 bridgehead atoms. The van der Waals surface area contributed by atoms with Crippen LogP contribution in [0.5, 0.6) is 0 Å². The third-order valence-electron chi connectivity index (χ3n) is 3.71. The number of carbonyl (C=O) groups is 1. The average molecular weight is 310 g/mol. The Morgan fingerprint density at radius 1 is 1.17 bits per heavy atom. The number of nitro groups is 1. The highest BCUT2D eigenvalue weighted by Gasteiger charge is 2.17. The minimum Gasteiger partial charge on any atom is -0.335 e. The minimum atomic E-state index is -0.437. The predicted molar refractivity (Wildman–Crippen MR) is 89.8 cm³/mol. The first kappa shape index (κ1) is 16.4. The van der Waals surface area contributed by atoms with E-state index >= 15 is 0 Å². The molecule has 0 aliphatic heterocycles. The number of nitrogens with zero attached hydrogens (tertiary/aromatic N) is 2. The van der Waals surface area contributed by atoms with E-state index in [9.17, 15) is 14.9 Å². The fourth-order valence-corrected chi connectivity index (χ4v) is 2.16. The van der Waals surface area contributed by atoms with Crippen molar-refractivity contribution in [3.8, 4) is 0 Å². The lowest BCUT2D eigenvalue weighted by Crippen LogP contribution is -2.28. The zero-order valence-corrected chi connectivity index (χ0v) is 13.0. The Morgan fingerprint density at radius 2 is 1.87 bits per heavy atom. The van der Waals surface area contributed by atoms with Crippen LogP contribution >= 0.6 is 0 Å². The maximum atomic E-state index is 12.3. The Kier molecular flexibility index (Phi) is 5.25. The number of benzene rings is 2. The van der Waals surface area contributed by atoms with Crippen LogP contribution in [0.1, 0.15) is 24.1 Å². The summed E-state index contributed by atoms with van der Waals surface area (Å²) in [6, 6.07) is 15.6. The molecule has 0 aliphatic rings. The highest BCUT2D eigenvalue weighted by molar-refractivity contribution is 5.91. The zero-order valence-electron chi connectivity index (χ0n) is 13.0. The van der Waals surface area contributed by atoms with Gasteiger partial charge in [0.2, 0.25) is 5.91 Å². The maximum Gasteiger partial charge on any atom is 0.269 e. The van der Waals surface area contributed by atoms with Gasteiger partial charge in [-0.05, 0) is 24.1 Å². The van der Waals surface area contributed by atoms with Gasteiger partial charge in [0.25, 0.3) is 5.69 Å². The maximum absolute atomic E-state index is 12.3. The van der Waals surface area contributed by atoms with Crippen molar-refractivity contribution in [1.29, 1.82) is 0 Å². The summed E-state index contributed by atoms with van der Waals surface area (Å²) in [5.74, 6) is -0.159. The van der Waals surface area contributed by atoms with Crippen LogP contribution in [-0.2, 0) is 4.79 Å². The summed E-state index contributed by atoms with van der Waals surface area (Å²) in [6.07, 6.45) is 3.25. The summed E-state index contributed by atoms with van der Waals surface area (Å²) in [4.78, 5) is 24.2. The first-order chi connectivity index (χ1) is 11.0. The molecule has 23 heavy (non-hydrogen) atoms. The Labute approximate surface area is 135 Å². The molecule has 0 saturated carbocycles. The largest absolute Gasteiger partial charge is 0.335 e. The molecule has 1 amide bonds. The fraction of sp³-hybridized carbons (Fsp3) is 0.167. The van der Waals surface area contributed by atoms with Gasteiger partial charge in [-0.2, -0.15) is 0 Å². The molecule has 2 aromatic carbocycles. The lowest BCUT2D eigenvalue weighted by atomic mass is 10.1. The molecule has 1 atom stereocenters. The summed E-state index contributed by atoms with van der Waals surface area (Å²) in [6.45, 7) is 1.84. The molecular weight excluding hydrogens is 292 g/mol. The van der Waals surface area contributed by atoms with Gasteiger partial charge in [-0.25, -0.2) is 0 Å². The summed E-state index contributed by atoms with van der Waals surface area (Å²) >= 11 is 0. The Morgan fingerprint density at radius 3 is 2.52 bits per heavy atom. The number of rotatable bonds is 5. The molecule has 0 N–H and O–H groups in total. The summed E-state index contributed by atoms with van der Waals surface area (Å²) < 4.78 is 0. The number of non-ortho nitro benzene ring substituents is 1. The smallest absolute Gasteiger partial charge is 0.269 e. The van der Waals surface area contributed by atoms with Crippen LogP contribution in [0, 0.1) is 10.1 Å². The second-order valence-electron chi connectivity index (χ2n) is 5.22. The van der Waals surface area contributed by atoms with Gasteiger partial charge in [-0.3, -0.25) is 14.9 Å². The van der Waals surface area contributed by atoms with Crippen molar-refractivity contribution in [3.63, 3.8) is 0 Å². The van der Waals surface area contributed by atoms with E-state index in [0.717, 1.165) is 11.1 Å². The van der Waals surface area contributed by atoms with E-state index in [0.29, 0.717) is 0 Å². The van der Waals surface area contributed by atoms with E-state index in [1.807, 2.05) is 37.3 Å². The van der Waals surface area contributed by atoms with Gasteiger partial charge in [0.15, 0.2) is 0 Å². The monoisotopic (exact) mass is 310 g/mol. The van der Waals surface area contributed by atoms with Crippen LogP contribution in [0.25, 0.3) is 6.08 Å². The van der Waals surface area contributed by atoms with Crippen molar-refractivity contribution in [2.75, 3.05) is 7.05 Å². The molecule has 2 rings (SSSR count). The van der Waals surface area contributed by atoms with E-state index in [-0.39, 0.29) is 17.6 Å². The van der Waals surface area contributed by atoms with E-state index in [2.05, 4.69) is 0 Å². The molecule has 5 heteroatoms. The van der Waals surface area contributed by atoms with Crippen molar-refractivity contribution in [2.24, 2.45) is 0 Å². The normalized spacial score (nSPS) is 12.1. The zero-order chi connectivity index (χ0) is 16.8. The minimum absolute atomic E-state index is 0.0232. The van der Waals surface area contributed by atoms with Crippen molar-refractivity contribution in [3.05, 3.63) is 81.9 Å². The lowest BCUT2D eigenvalue weighted by Gasteiger charge is -2.24. The van der Waals surface area contributed by atoms with E-state index in [4.69, 9.17) is 0 Å². The number of amides is 1. The Balaban J connectivity index is 2.11. The molecule has 0 aliphatic carbocycles. The molecule has 0 unspecified atom stereocenters. The number of nitro benzene ring substituents is 1. The number of hydrogen-bond donors (Lipinski definition) is 0.